The highest BCUT2D eigenvalue weighted by molar-refractivity contribution is 7.85. The lowest BCUT2D eigenvalue weighted by atomic mass is 9.85. The largest absolute Gasteiger partial charge is 0.508 e. The molecule has 2 aromatic carbocycles. The Balaban J connectivity index is 0.000000305. The van der Waals surface area contributed by atoms with E-state index in [1.54, 1.807) is 27.7 Å². The molecular weight excluding hydrogens is 1810 g/mol. The molecule has 4 aromatic rings. The Hall–Kier alpha value is -11.6. The number of nitrogens with two attached hydrogens (primary N) is 1. The number of ketones is 4. The van der Waals surface area contributed by atoms with Crippen LogP contribution in [-0.2, 0) is 121 Å². The van der Waals surface area contributed by atoms with Gasteiger partial charge in [-0.1, -0.05) is 67.2 Å². The van der Waals surface area contributed by atoms with Gasteiger partial charge in [0.25, 0.3) is 0 Å². The minimum absolute atomic E-state index is 0.0890. The van der Waals surface area contributed by atoms with Crippen molar-refractivity contribution in [1.29, 1.82) is 0 Å². The fraction of sp³-hybridized carbons (Fsp3) is 0.614. The van der Waals surface area contributed by atoms with Crippen molar-refractivity contribution < 1.29 is 141 Å². The topological polar surface area (TPSA) is 720 Å². The van der Waals surface area contributed by atoms with Gasteiger partial charge in [0.05, 0.1) is 150 Å². The molecule has 742 valence electrons. The molecule has 24 N–H and O–H groups in total. The summed E-state index contributed by atoms with van der Waals surface area (Å²) in [6, 6.07) is -4.08. The number of benzene rings is 2. The van der Waals surface area contributed by atoms with E-state index in [2.05, 4.69) is 68.5 Å². The van der Waals surface area contributed by atoms with Crippen molar-refractivity contribution in [2.75, 3.05) is 77.1 Å². The van der Waals surface area contributed by atoms with Gasteiger partial charge in [0.2, 0.25) is 76.8 Å². The van der Waals surface area contributed by atoms with Crippen LogP contribution in [0.15, 0.2) is 46.5 Å². The van der Waals surface area contributed by atoms with Gasteiger partial charge in [0.1, 0.15) is 45.7 Å². The molecule has 0 spiro atoms. The Labute approximate surface area is 780 Å². The standard InChI is InChI=1S/C47H69N9O14S.C41H55N7O15S/c1-4-24(2)41-45(68)51-19-39(64)52-33-23-71(70)46-31(30-10-9-28(58)17-32(30)53-46)13-26(43(66)50-20-40(65)54-41)14-36(61)42(25(3)37(62)22-57)55-44(67)34-18-29(59)21-56(34)47(69)27(15-35(33)60)16-38(63)49-12-8-6-5-7-11-48;1-4-18(2)35-39(61)43-13-32(55)44-27-17-64(63)40-25(24-6-5-22(50)11-26(24)45-40)7-20(37(59)42-14-33(56)46-35)8-30(53)36(19(3)31(54)16-49)47-38(60)28-12-23(51)15-48(28)41(62)21(9-29(27)52)10-34(57)58/h9-10,17,24-27,29,33-34,37,41-42,53,57-59,62H,4-8,11-16,18-23,48H2,1-3H3,(H,49,63)(H,50,66)(H,51,68)(H,52,64)(H,54,65)(H,55,67);5-6,11,18-21,23,27-28,31,35-36,45,49-51,54H,4,7-10,12-17H2,1-3H3,(H,42,59)(H,43,61)(H,44,55)(H,46,56)(H,47,60)(H,57,58)/t24-,25-,26?,27-,29?,33?,34-,37-,41-,42-,71+;18-,19-,20?,21-,23?,27?,28-,31-,35-,36-,64+/m00/s1. The van der Waals surface area contributed by atoms with Gasteiger partial charge in [-0.2, -0.15) is 0 Å². The molecule has 22 atom stereocenters. The third-order valence-corrected chi connectivity index (χ3v) is 28.5. The fourth-order valence-electron chi connectivity index (χ4n) is 17.4. The number of phenols is 2. The Kier molecular flexibility index (Phi) is 39.1. The summed E-state index contributed by atoms with van der Waals surface area (Å²) in [6.45, 7) is 4.71. The molecule has 135 heavy (non-hydrogen) atoms. The first-order valence-electron chi connectivity index (χ1n) is 45.2. The molecule has 47 heteroatoms. The van der Waals surface area contributed by atoms with Crippen molar-refractivity contribution in [3.05, 3.63) is 47.5 Å². The van der Waals surface area contributed by atoms with E-state index < -0.39 is 369 Å². The van der Waals surface area contributed by atoms with Gasteiger partial charge >= 0.3 is 5.97 Å². The summed E-state index contributed by atoms with van der Waals surface area (Å²) >= 11 is 0. The molecule has 2 fully saturated rings. The lowest BCUT2D eigenvalue weighted by molar-refractivity contribution is -0.148. The van der Waals surface area contributed by atoms with Crippen LogP contribution >= 0.6 is 0 Å². The van der Waals surface area contributed by atoms with E-state index in [9.17, 15) is 141 Å². The van der Waals surface area contributed by atoms with Crippen LogP contribution < -0.4 is 64.2 Å². The van der Waals surface area contributed by atoms with Crippen LogP contribution in [-0.4, -0.2) is 330 Å². The van der Waals surface area contributed by atoms with E-state index in [1.807, 2.05) is 0 Å². The summed E-state index contributed by atoms with van der Waals surface area (Å²) in [4.78, 5) is 259. The number of aliphatic carboxylic acids is 1. The summed E-state index contributed by atoms with van der Waals surface area (Å²) in [7, 11) is -4.66. The number of hydrogen-bond acceptors (Lipinski definition) is 29. The van der Waals surface area contributed by atoms with Crippen molar-refractivity contribution in [1.82, 2.24) is 78.3 Å². The second-order valence-electron chi connectivity index (χ2n) is 35.5. The van der Waals surface area contributed by atoms with Crippen LogP contribution in [0.25, 0.3) is 21.8 Å². The molecule has 0 radical (unpaired) electrons. The minimum atomic E-state index is -2.34. The average molecular weight is 1930 g/mol. The number of Topliss-reactive ketones (excluding diaryl/α,β-unsaturated/α-hetero) is 4. The maximum Gasteiger partial charge on any atom is 0.304 e. The number of aromatic hydroxyl groups is 2. The second-order valence-corrected chi connectivity index (χ2v) is 38.4. The van der Waals surface area contributed by atoms with Crippen molar-refractivity contribution in [2.45, 2.75) is 227 Å². The molecule has 6 aliphatic rings. The van der Waals surface area contributed by atoms with Crippen molar-refractivity contribution in [2.24, 2.45) is 53.1 Å². The van der Waals surface area contributed by atoms with Gasteiger partial charge in [-0.05, 0) is 79.5 Å². The molecule has 2 aromatic heterocycles. The number of aromatic nitrogens is 2. The third kappa shape index (κ3) is 28.3. The van der Waals surface area contributed by atoms with Crippen LogP contribution in [0.3, 0.4) is 0 Å². The number of carbonyl (C=O) groups excluding carboxylic acids is 17. The Bertz CT molecular complexity index is 5140. The predicted molar refractivity (Wildman–Crippen MR) is 479 cm³/mol. The minimum Gasteiger partial charge on any atom is -0.508 e. The molecule has 0 aliphatic carbocycles. The van der Waals surface area contributed by atoms with Crippen molar-refractivity contribution >= 4 is 149 Å². The summed E-state index contributed by atoms with van der Waals surface area (Å²) in [5, 5.41) is 122. The van der Waals surface area contributed by atoms with Gasteiger partial charge in [0.15, 0.2) is 23.1 Å². The number of aliphatic hydroxyl groups excluding tert-OH is 6. The number of nitrogens with zero attached hydrogens (tertiary/aromatic N) is 2. The highest BCUT2D eigenvalue weighted by atomic mass is 32.2. The smallest absolute Gasteiger partial charge is 0.304 e. The molecule has 4 bridgehead atoms. The average Bonchev–Trinajstić information content (AvgIpc) is 1.63. The molecule has 2 saturated heterocycles. The molecule has 13 amide bonds. The highest BCUT2D eigenvalue weighted by Gasteiger charge is 2.49. The number of H-pyrrole nitrogens is 2. The van der Waals surface area contributed by atoms with Gasteiger partial charge in [-0.25, -0.2) is 0 Å². The normalized spacial score (nSPS) is 27.9. The van der Waals surface area contributed by atoms with Crippen molar-refractivity contribution in [3.63, 3.8) is 0 Å². The number of aliphatic hydroxyl groups is 6. The van der Waals surface area contributed by atoms with Crippen molar-refractivity contribution in [3.8, 4) is 11.5 Å². The lowest BCUT2D eigenvalue weighted by Gasteiger charge is -2.32. The Morgan fingerprint density at radius 2 is 0.859 bits per heavy atom. The van der Waals surface area contributed by atoms with Crippen LogP contribution in [0.1, 0.15) is 143 Å². The van der Waals surface area contributed by atoms with Crippen LogP contribution in [0.2, 0.25) is 0 Å². The molecule has 0 saturated carbocycles. The number of unbranched alkanes of at least 4 members (excludes halogenated alkanes) is 3. The fourth-order valence-corrected chi connectivity index (χ4v) is 20.2. The zero-order valence-electron chi connectivity index (χ0n) is 75.8. The third-order valence-electron chi connectivity index (χ3n) is 25.7. The zero-order valence-corrected chi connectivity index (χ0v) is 77.4. The van der Waals surface area contributed by atoms with E-state index in [1.165, 1.54) is 50.2 Å². The molecule has 8 heterocycles. The maximum absolute atomic E-state index is 14.8. The van der Waals surface area contributed by atoms with E-state index in [0.717, 1.165) is 29.1 Å². The van der Waals surface area contributed by atoms with Crippen LogP contribution in [0.5, 0.6) is 11.5 Å². The lowest BCUT2D eigenvalue weighted by Crippen LogP contribution is -2.56. The first-order valence-corrected chi connectivity index (χ1v) is 47.8. The summed E-state index contributed by atoms with van der Waals surface area (Å²) in [6.07, 6.45) is -8.37. The Morgan fingerprint density at radius 3 is 1.24 bits per heavy atom. The number of aromatic amines is 2. The number of fused-ring (bicyclic) bond motifs is 10. The van der Waals surface area contributed by atoms with Gasteiger partial charge in [-0.3, -0.25) is 94.7 Å². The van der Waals surface area contributed by atoms with Gasteiger partial charge in [0, 0.05) is 111 Å². The number of hydrogen-bond donors (Lipinski definition) is 23. The van der Waals surface area contributed by atoms with E-state index in [-0.39, 0.29) is 56.7 Å². The number of rotatable bonds is 20. The van der Waals surface area contributed by atoms with E-state index in [0.29, 0.717) is 36.6 Å². The number of amides is 13. The van der Waals surface area contributed by atoms with Gasteiger partial charge < -0.3 is 130 Å². The first kappa shape index (κ1) is 107. The number of nitrogens with one attached hydrogen (secondary N) is 13. The predicted octanol–water partition coefficient (Wildman–Crippen LogP) is -5.73. The number of phenolic OH excluding ortho intramolecular Hbond substituents is 2. The van der Waals surface area contributed by atoms with Crippen LogP contribution in [0, 0.1) is 47.3 Å². The number of carboxylic acids is 1. The summed E-state index contributed by atoms with van der Waals surface area (Å²) in [5.41, 5.74) is 6.33. The monoisotopic (exact) mass is 1930 g/mol. The molecule has 6 aliphatic heterocycles. The molecule has 6 unspecified atom stereocenters. The highest BCUT2D eigenvalue weighted by Crippen LogP contribution is 2.36. The molecule has 10 rings (SSSR count). The number of carbonyl (C=O) groups is 18. The van der Waals surface area contributed by atoms with Crippen LogP contribution in [0.4, 0.5) is 0 Å². The first-order chi connectivity index (χ1) is 64.0. The van der Waals surface area contributed by atoms with E-state index >= 15 is 0 Å². The SMILES string of the molecule is CC[C@H](C)[C@@H]1NC(=O)CNC(=O)C2CC(=O)[C@H]([C@@H](C)[C@@H](O)CO)NC(=O)[C@@H]3CC(O)CN3C(=O)[C@H](CC(=O)NCCCCCCN)CC(=O)C(C[S@@](=O)c3[nH]c4cc(O)ccc4c3C2)NC(=O)CNC1=O.CC[C@H](C)[C@@H]1NC(=O)CNC(=O)C2CC(=O)[C@H]([C@@H](C)[C@@H](O)CO)NC(=O)[C@@H]3CC(O)CN3C(=O)[C@H](CC(=O)O)CC(=O)C(C[S@@](=O)c3[nH]c4cc(O)ccc4c3C2)NC(=O)CNC1=O. The quantitative estimate of drug-likeness (QED) is 0.0367. The van der Waals surface area contributed by atoms with E-state index in [4.69, 9.17) is 5.73 Å². The maximum atomic E-state index is 14.8. The second kappa shape index (κ2) is 49.2. The van der Waals surface area contributed by atoms with Gasteiger partial charge in [-0.15, -0.1) is 0 Å². The summed E-state index contributed by atoms with van der Waals surface area (Å²) < 4.78 is 29.4. The zero-order chi connectivity index (χ0) is 99.3. The number of carboxylic acid groups (broad SMARTS) is 1. The Morgan fingerprint density at radius 1 is 0.481 bits per heavy atom. The molecular formula is C88H124N16O29S2. The summed E-state index contributed by atoms with van der Waals surface area (Å²) in [5.74, 6) is -28.0. The molecule has 45 nitrogen and oxygen atoms in total.